The van der Waals surface area contributed by atoms with Crippen molar-refractivity contribution >= 4 is 17.7 Å². The molecule has 1 fully saturated rings. The molecule has 1 saturated heterocycles. The maximum absolute atomic E-state index is 12.2. The van der Waals surface area contributed by atoms with Crippen LogP contribution in [-0.2, 0) is 11.3 Å². The number of carbonyl (C=O) groups excluding carboxylic acids is 1. The van der Waals surface area contributed by atoms with Gasteiger partial charge in [0.05, 0.1) is 6.20 Å². The Morgan fingerprint density at radius 2 is 2.07 bits per heavy atom. The van der Waals surface area contributed by atoms with E-state index in [1.165, 1.54) is 6.20 Å². The second kappa shape index (κ2) is 10.2. The number of hydrogen-bond donors (Lipinski definition) is 4. The molecular weight excluding hydrogens is 370 g/mol. The molecule has 1 aliphatic heterocycles. The summed E-state index contributed by atoms with van der Waals surface area (Å²) in [5, 5.41) is 28.5. The van der Waals surface area contributed by atoms with E-state index in [1.807, 2.05) is 11.0 Å². The molecule has 1 aromatic carbocycles. The van der Waals surface area contributed by atoms with E-state index in [0.717, 1.165) is 31.7 Å². The smallest absolute Gasteiger partial charge is 0.224 e. The Hall–Kier alpha value is -3.38. The van der Waals surface area contributed by atoms with Crippen LogP contribution in [0.3, 0.4) is 0 Å². The summed E-state index contributed by atoms with van der Waals surface area (Å²) < 4.78 is 0. The van der Waals surface area contributed by atoms with Gasteiger partial charge in [0.1, 0.15) is 23.2 Å². The zero-order chi connectivity index (χ0) is 20.5. The first kappa shape index (κ1) is 20.4. The summed E-state index contributed by atoms with van der Waals surface area (Å²) in [7, 11) is 0. The molecule has 0 spiro atoms. The highest BCUT2D eigenvalue weighted by Gasteiger charge is 2.15. The van der Waals surface area contributed by atoms with Crippen molar-refractivity contribution in [1.82, 2.24) is 20.2 Å². The van der Waals surface area contributed by atoms with Crippen LogP contribution in [0.1, 0.15) is 24.0 Å². The lowest BCUT2D eigenvalue weighted by atomic mass is 10.2. The number of phenolic OH excluding ortho intramolecular Hbond substituents is 1. The van der Waals surface area contributed by atoms with Gasteiger partial charge in [-0.05, 0) is 12.5 Å². The average Bonchev–Trinajstić information content (AvgIpc) is 2.76. The minimum Gasteiger partial charge on any atom is -0.508 e. The summed E-state index contributed by atoms with van der Waals surface area (Å²) >= 11 is 0. The minimum atomic E-state index is 0.154. The molecule has 0 aliphatic carbocycles. The van der Waals surface area contributed by atoms with Crippen LogP contribution < -0.4 is 16.0 Å². The average molecular weight is 395 g/mol. The third-order valence-electron chi connectivity index (χ3n) is 4.67. The number of piperazine rings is 1. The number of nitrogens with zero attached hydrogens (tertiary/aromatic N) is 4. The molecule has 1 aromatic heterocycles. The number of nitriles is 1. The first-order valence-corrected chi connectivity index (χ1v) is 9.67. The van der Waals surface area contributed by atoms with Crippen LogP contribution in [0.5, 0.6) is 5.75 Å². The zero-order valence-corrected chi connectivity index (χ0v) is 16.2. The van der Waals surface area contributed by atoms with Gasteiger partial charge in [0.2, 0.25) is 11.9 Å². The van der Waals surface area contributed by atoms with Crippen molar-refractivity contribution in [1.29, 1.82) is 5.26 Å². The lowest BCUT2D eigenvalue weighted by molar-refractivity contribution is -0.131. The Kier molecular flexibility index (Phi) is 7.19. The van der Waals surface area contributed by atoms with Crippen LogP contribution in [0.4, 0.5) is 11.8 Å². The molecule has 0 saturated carbocycles. The number of hydrogen-bond acceptors (Lipinski definition) is 8. The van der Waals surface area contributed by atoms with Crippen molar-refractivity contribution in [3.05, 3.63) is 41.6 Å². The summed E-state index contributed by atoms with van der Waals surface area (Å²) in [6.45, 7) is 4.07. The molecule has 2 aromatic rings. The molecule has 9 nitrogen and oxygen atoms in total. The molecule has 0 radical (unpaired) electrons. The third-order valence-corrected chi connectivity index (χ3v) is 4.67. The highest BCUT2D eigenvalue weighted by molar-refractivity contribution is 5.76. The molecule has 0 unspecified atom stereocenters. The number of amides is 1. The number of carbonyl (C=O) groups is 1. The number of anilines is 2. The van der Waals surface area contributed by atoms with Crippen molar-refractivity contribution in [2.24, 2.45) is 0 Å². The molecule has 9 heteroatoms. The number of aromatic nitrogens is 2. The van der Waals surface area contributed by atoms with Crippen molar-refractivity contribution in [2.75, 3.05) is 43.4 Å². The Morgan fingerprint density at radius 3 is 2.83 bits per heavy atom. The second-order valence-corrected chi connectivity index (χ2v) is 6.71. The van der Waals surface area contributed by atoms with Crippen molar-refractivity contribution in [2.45, 2.75) is 19.4 Å². The third kappa shape index (κ3) is 5.80. The largest absolute Gasteiger partial charge is 0.508 e. The monoisotopic (exact) mass is 395 g/mol. The van der Waals surface area contributed by atoms with Crippen LogP contribution in [-0.4, -0.2) is 58.6 Å². The molecule has 29 heavy (non-hydrogen) atoms. The van der Waals surface area contributed by atoms with Crippen LogP contribution in [0.2, 0.25) is 0 Å². The fraction of sp³-hybridized carbons (Fsp3) is 0.400. The number of aromatic hydroxyl groups is 1. The highest BCUT2D eigenvalue weighted by atomic mass is 16.3. The number of nitrogens with one attached hydrogen (secondary N) is 3. The van der Waals surface area contributed by atoms with Gasteiger partial charge in [-0.15, -0.1) is 0 Å². The SMILES string of the molecule is N#Cc1cnc(NCc2ccccc2O)nc1NCCCC(=O)N1CCNCC1. The van der Waals surface area contributed by atoms with E-state index >= 15 is 0 Å². The Morgan fingerprint density at radius 1 is 1.28 bits per heavy atom. The number of para-hydroxylation sites is 1. The van der Waals surface area contributed by atoms with Gasteiger partial charge in [-0.25, -0.2) is 4.98 Å². The predicted molar refractivity (Wildman–Crippen MR) is 109 cm³/mol. The number of benzene rings is 1. The van der Waals surface area contributed by atoms with Gasteiger partial charge < -0.3 is 26.0 Å². The fourth-order valence-corrected chi connectivity index (χ4v) is 3.04. The summed E-state index contributed by atoms with van der Waals surface area (Å²) in [6.07, 6.45) is 2.56. The van der Waals surface area contributed by atoms with Crippen LogP contribution in [0.15, 0.2) is 30.5 Å². The van der Waals surface area contributed by atoms with Crippen LogP contribution in [0.25, 0.3) is 0 Å². The van der Waals surface area contributed by atoms with Crippen molar-refractivity contribution in [3.8, 4) is 11.8 Å². The van der Waals surface area contributed by atoms with Gasteiger partial charge >= 0.3 is 0 Å². The first-order valence-electron chi connectivity index (χ1n) is 9.67. The van der Waals surface area contributed by atoms with E-state index in [4.69, 9.17) is 0 Å². The molecule has 0 atom stereocenters. The van der Waals surface area contributed by atoms with E-state index in [-0.39, 0.29) is 11.7 Å². The number of rotatable bonds is 8. The maximum atomic E-state index is 12.2. The fourth-order valence-electron chi connectivity index (χ4n) is 3.04. The van der Waals surface area contributed by atoms with E-state index in [2.05, 4.69) is 32.0 Å². The minimum absolute atomic E-state index is 0.154. The number of phenols is 1. The van der Waals surface area contributed by atoms with Crippen LogP contribution >= 0.6 is 0 Å². The van der Waals surface area contributed by atoms with Gasteiger partial charge in [-0.2, -0.15) is 10.2 Å². The molecular formula is C20H25N7O2. The topological polar surface area (TPSA) is 126 Å². The van der Waals surface area contributed by atoms with E-state index in [9.17, 15) is 15.2 Å². The normalized spacial score (nSPS) is 13.6. The Bertz CT molecular complexity index is 875. The molecule has 4 N–H and O–H groups in total. The summed E-state index contributed by atoms with van der Waals surface area (Å²) in [4.78, 5) is 22.6. The first-order chi connectivity index (χ1) is 14.2. The lowest BCUT2D eigenvalue weighted by Crippen LogP contribution is -2.46. The molecule has 3 rings (SSSR count). The summed E-state index contributed by atoms with van der Waals surface area (Å²) in [6, 6.07) is 9.09. The van der Waals surface area contributed by atoms with E-state index in [1.54, 1.807) is 18.2 Å². The quantitative estimate of drug-likeness (QED) is 0.493. The predicted octanol–water partition coefficient (Wildman–Crippen LogP) is 1.29. The van der Waals surface area contributed by atoms with Gasteiger partial charge in [-0.1, -0.05) is 18.2 Å². The molecule has 2 heterocycles. The molecule has 1 aliphatic rings. The van der Waals surface area contributed by atoms with Crippen molar-refractivity contribution in [3.63, 3.8) is 0 Å². The van der Waals surface area contributed by atoms with Gasteiger partial charge in [0.25, 0.3) is 0 Å². The van der Waals surface area contributed by atoms with Gasteiger partial charge in [0.15, 0.2) is 0 Å². The van der Waals surface area contributed by atoms with Crippen LogP contribution in [0, 0.1) is 11.3 Å². The highest BCUT2D eigenvalue weighted by Crippen LogP contribution is 2.18. The lowest BCUT2D eigenvalue weighted by Gasteiger charge is -2.27. The molecule has 0 bridgehead atoms. The molecule has 152 valence electrons. The Labute approximate surface area is 169 Å². The maximum Gasteiger partial charge on any atom is 0.224 e. The van der Waals surface area contributed by atoms with E-state index in [0.29, 0.717) is 43.3 Å². The Balaban J connectivity index is 1.51. The van der Waals surface area contributed by atoms with Gasteiger partial charge in [-0.3, -0.25) is 4.79 Å². The second-order valence-electron chi connectivity index (χ2n) is 6.71. The summed E-state index contributed by atoms with van der Waals surface area (Å²) in [5.74, 6) is 1.13. The summed E-state index contributed by atoms with van der Waals surface area (Å²) in [5.41, 5.74) is 1.06. The zero-order valence-electron chi connectivity index (χ0n) is 16.2. The van der Waals surface area contributed by atoms with Gasteiger partial charge in [0, 0.05) is 51.3 Å². The van der Waals surface area contributed by atoms with Crippen molar-refractivity contribution < 1.29 is 9.90 Å². The molecule has 1 amide bonds. The van der Waals surface area contributed by atoms with E-state index < -0.39 is 0 Å². The standard InChI is InChI=1S/C20H25N7O2/c21-12-16-14-25-20(24-13-15-4-1-2-5-17(15)28)26-19(16)23-7-3-6-18(29)27-10-8-22-9-11-27/h1-2,4-5,14,22,28H,3,6-11,13H2,(H2,23,24,25,26).